The Balaban J connectivity index is 1.59. The van der Waals surface area contributed by atoms with Crippen LogP contribution in [-0.4, -0.2) is 0 Å². The summed E-state index contributed by atoms with van der Waals surface area (Å²) in [4.78, 5) is 0. The van der Waals surface area contributed by atoms with Crippen LogP contribution in [0.2, 0.25) is 0 Å². The van der Waals surface area contributed by atoms with Gasteiger partial charge in [0.05, 0.1) is 11.1 Å². The molecule has 0 aliphatic carbocycles. The zero-order chi connectivity index (χ0) is 32.5. The van der Waals surface area contributed by atoms with Gasteiger partial charge in [-0.15, -0.1) is 0 Å². The van der Waals surface area contributed by atoms with Gasteiger partial charge in [0.2, 0.25) is 11.9 Å². The van der Waals surface area contributed by atoms with Crippen molar-refractivity contribution in [3.63, 3.8) is 0 Å². The number of aromatic nitrogens is 1. The van der Waals surface area contributed by atoms with Crippen LogP contribution in [0.4, 0.5) is 8.78 Å². The lowest BCUT2D eigenvalue weighted by molar-refractivity contribution is -0.662. The number of rotatable bonds is 4. The van der Waals surface area contributed by atoms with E-state index in [1.54, 1.807) is 19.1 Å². The first-order valence-corrected chi connectivity index (χ1v) is 12.1. The highest BCUT2D eigenvalue weighted by atomic mass is 19.1. The summed E-state index contributed by atoms with van der Waals surface area (Å²) in [5.74, 6) is -4.87. The Morgan fingerprint density at radius 3 is 2.11 bits per heavy atom. The Bertz CT molecular complexity index is 2070. The fourth-order valence-corrected chi connectivity index (χ4v) is 5.08. The topological polar surface area (TPSA) is 17.0 Å². The van der Waals surface area contributed by atoms with Gasteiger partial charge in [0, 0.05) is 32.0 Å². The zero-order valence-electron chi connectivity index (χ0n) is 27.8. The van der Waals surface area contributed by atoms with Crippen molar-refractivity contribution in [3.8, 4) is 33.5 Å². The largest absolute Gasteiger partial charge is 0.454 e. The SMILES string of the molecule is [2H]C([2H])([2H])C([2H])(c1cc(-c2c(C)ccc3c2oc2c(-c4ccc(-c5ccccc5)cc4)c(F)ccc23)[n+](C)cc1F)C([2H])([2H])[2H]. The zero-order valence-corrected chi connectivity index (χ0v) is 20.8. The summed E-state index contributed by atoms with van der Waals surface area (Å²) in [6.07, 6.45) is 0.964. The van der Waals surface area contributed by atoms with E-state index in [2.05, 4.69) is 0 Å². The van der Waals surface area contributed by atoms with Gasteiger partial charge in [-0.1, -0.05) is 80.4 Å². The molecule has 0 saturated heterocycles. The molecule has 6 rings (SSSR count). The third kappa shape index (κ3) is 3.88. The predicted octanol–water partition coefficient (Wildman–Crippen LogP) is 9.12. The van der Waals surface area contributed by atoms with E-state index in [0.717, 1.165) is 23.4 Å². The van der Waals surface area contributed by atoms with Crippen molar-refractivity contribution in [1.29, 1.82) is 0 Å². The fourth-order valence-electron chi connectivity index (χ4n) is 5.08. The lowest BCUT2D eigenvalue weighted by Crippen LogP contribution is -2.32. The molecule has 0 N–H and O–H groups in total. The van der Waals surface area contributed by atoms with Crippen molar-refractivity contribution < 1.29 is 27.4 Å². The van der Waals surface area contributed by atoms with Crippen LogP contribution in [0.3, 0.4) is 0 Å². The molecule has 38 heavy (non-hydrogen) atoms. The van der Waals surface area contributed by atoms with Gasteiger partial charge >= 0.3 is 0 Å². The molecule has 4 heteroatoms. The van der Waals surface area contributed by atoms with Crippen molar-refractivity contribution in [2.45, 2.75) is 26.5 Å². The van der Waals surface area contributed by atoms with Crippen LogP contribution in [0.1, 0.15) is 40.3 Å². The minimum atomic E-state index is -3.38. The van der Waals surface area contributed by atoms with E-state index in [9.17, 15) is 0 Å². The van der Waals surface area contributed by atoms with Crippen LogP contribution in [0, 0.1) is 18.6 Å². The van der Waals surface area contributed by atoms with Crippen molar-refractivity contribution in [2.24, 2.45) is 7.05 Å². The second-order valence-corrected chi connectivity index (χ2v) is 9.38. The number of aryl methyl sites for hydroxylation is 2. The number of furan rings is 1. The van der Waals surface area contributed by atoms with E-state index in [1.807, 2.05) is 60.7 Å². The molecule has 0 radical (unpaired) electrons. The summed E-state index contributed by atoms with van der Waals surface area (Å²) in [6.45, 7) is -4.98. The number of hydrogen-bond acceptors (Lipinski definition) is 1. The lowest BCUT2D eigenvalue weighted by atomic mass is 9.96. The predicted molar refractivity (Wildman–Crippen MR) is 150 cm³/mol. The monoisotopic (exact) mass is 511 g/mol. The molecule has 0 unspecified atom stereocenters. The van der Waals surface area contributed by atoms with E-state index in [-0.39, 0.29) is 16.8 Å². The summed E-state index contributed by atoms with van der Waals surface area (Å²) in [7, 11) is 1.53. The molecular weight excluding hydrogens is 476 g/mol. The molecule has 2 heterocycles. The first-order chi connectivity index (χ1) is 21.1. The second-order valence-electron chi connectivity index (χ2n) is 9.38. The van der Waals surface area contributed by atoms with E-state index in [0.29, 0.717) is 33.0 Å². The van der Waals surface area contributed by atoms with E-state index < -0.39 is 36.8 Å². The van der Waals surface area contributed by atoms with Gasteiger partial charge in [-0.2, -0.15) is 4.57 Å². The maximum atomic E-state index is 15.5. The van der Waals surface area contributed by atoms with Gasteiger partial charge in [-0.05, 0) is 47.2 Å². The van der Waals surface area contributed by atoms with Crippen LogP contribution in [-0.2, 0) is 7.05 Å². The second kappa shape index (κ2) is 9.21. The molecular formula is C34H28F2NO+. The molecule has 2 aromatic heterocycles. The van der Waals surface area contributed by atoms with Gasteiger partial charge in [0.25, 0.3) is 0 Å². The number of hydrogen-bond donors (Lipinski definition) is 0. The average molecular weight is 512 g/mol. The van der Waals surface area contributed by atoms with Crippen LogP contribution in [0.15, 0.2) is 95.5 Å². The Morgan fingerprint density at radius 1 is 0.763 bits per heavy atom. The number of benzene rings is 4. The van der Waals surface area contributed by atoms with Crippen molar-refractivity contribution in [1.82, 2.24) is 0 Å². The number of fused-ring (bicyclic) bond motifs is 3. The van der Waals surface area contributed by atoms with Gasteiger partial charge in [0.15, 0.2) is 5.82 Å². The smallest absolute Gasteiger partial charge is 0.216 e. The highest BCUT2D eigenvalue weighted by molar-refractivity contribution is 6.13. The van der Waals surface area contributed by atoms with Crippen molar-refractivity contribution >= 4 is 21.9 Å². The first kappa shape index (κ1) is 17.2. The molecule has 6 aromatic rings. The highest BCUT2D eigenvalue weighted by Gasteiger charge is 2.25. The fraction of sp³-hybridized carbons (Fsp3) is 0.147. The normalized spacial score (nSPS) is 15.3. The Hall–Kier alpha value is -4.31. The van der Waals surface area contributed by atoms with Crippen LogP contribution >= 0.6 is 0 Å². The minimum Gasteiger partial charge on any atom is -0.454 e. The minimum absolute atomic E-state index is 0.230. The van der Waals surface area contributed by atoms with E-state index in [1.165, 1.54) is 17.7 Å². The summed E-state index contributed by atoms with van der Waals surface area (Å²) in [5, 5.41) is 1.25. The number of pyridine rings is 1. The standard InChI is InChI=1S/C34H28F2NO/c1-20(2)27-18-30(37(4)19-29(27)36)31-21(3)10-15-25-26-16-17-28(35)32(34(26)38-33(25)31)24-13-11-23(12-14-24)22-8-6-5-7-9-22/h5-20H,1-4H3/q+1/i1D3,2D3,20D. The molecule has 0 atom stereocenters. The summed E-state index contributed by atoms with van der Waals surface area (Å²) >= 11 is 0. The molecule has 0 amide bonds. The molecule has 0 aliphatic rings. The van der Waals surface area contributed by atoms with Crippen molar-refractivity contribution in [3.05, 3.63) is 114 Å². The van der Waals surface area contributed by atoms with Gasteiger partial charge in [-0.3, -0.25) is 0 Å². The molecule has 0 aliphatic heterocycles. The maximum Gasteiger partial charge on any atom is 0.216 e. The maximum absolute atomic E-state index is 15.5. The first-order valence-electron chi connectivity index (χ1n) is 15.6. The highest BCUT2D eigenvalue weighted by Crippen LogP contribution is 2.42. The molecule has 4 aromatic carbocycles. The van der Waals surface area contributed by atoms with Crippen molar-refractivity contribution in [2.75, 3.05) is 0 Å². The molecule has 188 valence electrons. The molecule has 0 bridgehead atoms. The van der Waals surface area contributed by atoms with E-state index in [4.69, 9.17) is 14.0 Å². The van der Waals surface area contributed by atoms with E-state index >= 15 is 8.78 Å². The van der Waals surface area contributed by atoms with Gasteiger partial charge in [0.1, 0.15) is 24.0 Å². The summed E-state index contributed by atoms with van der Waals surface area (Å²) in [6, 6.07) is 25.0. The molecule has 0 spiro atoms. The van der Waals surface area contributed by atoms with Gasteiger partial charge in [-0.25, -0.2) is 8.78 Å². The third-order valence-corrected chi connectivity index (χ3v) is 7.00. The van der Waals surface area contributed by atoms with Gasteiger partial charge < -0.3 is 4.42 Å². The molecule has 0 fully saturated rings. The van der Waals surface area contributed by atoms with Crippen LogP contribution < -0.4 is 4.57 Å². The number of halogens is 2. The Labute approximate surface area is 230 Å². The molecule has 2 nitrogen and oxygen atoms in total. The lowest BCUT2D eigenvalue weighted by Gasteiger charge is -2.10. The Kier molecular flexibility index (Phi) is 4.18. The van der Waals surface area contributed by atoms with Crippen LogP contribution in [0.5, 0.6) is 0 Å². The summed E-state index contributed by atoms with van der Waals surface area (Å²) in [5.41, 5.74) is 3.98. The van der Waals surface area contributed by atoms with Crippen LogP contribution in [0.25, 0.3) is 55.4 Å². The quantitative estimate of drug-likeness (QED) is 0.216. The Morgan fingerprint density at radius 2 is 1.39 bits per heavy atom. The average Bonchev–Trinajstić information content (AvgIpc) is 3.35. The molecule has 0 saturated carbocycles. The number of nitrogens with zero attached hydrogens (tertiary/aromatic N) is 1. The summed E-state index contributed by atoms with van der Waals surface area (Å²) < 4.78 is 94.8. The third-order valence-electron chi connectivity index (χ3n) is 7.00.